The van der Waals surface area contributed by atoms with Crippen molar-refractivity contribution in [3.63, 3.8) is 0 Å². The lowest BCUT2D eigenvalue weighted by molar-refractivity contribution is -0.142. The number of nitrogens with one attached hydrogen (secondary N) is 2. The molecule has 0 aliphatic heterocycles. The zero-order valence-electron chi connectivity index (χ0n) is 16.1. The average molecular weight is 417 g/mol. The molecule has 0 unspecified atom stereocenters. The van der Waals surface area contributed by atoms with Gasteiger partial charge in [0, 0.05) is 13.1 Å². The Bertz CT molecular complexity index is 603. The number of amides is 2. The fourth-order valence-corrected chi connectivity index (χ4v) is 2.16. The molecular weight excluding hydrogens is 386 g/mol. The van der Waals surface area contributed by atoms with Gasteiger partial charge in [-0.15, -0.1) is 0 Å². The van der Waals surface area contributed by atoms with Crippen molar-refractivity contribution in [1.29, 1.82) is 0 Å². The molecule has 0 radical (unpaired) electrons. The van der Waals surface area contributed by atoms with E-state index in [9.17, 15) is 24.6 Å². The molecule has 29 heavy (non-hydrogen) atoms. The Morgan fingerprint density at radius 3 is 1.76 bits per heavy atom. The normalized spacial score (nSPS) is 13.4. The summed E-state index contributed by atoms with van der Waals surface area (Å²) in [5.41, 5.74) is 26.4. The molecule has 0 saturated heterocycles. The highest BCUT2D eigenvalue weighted by atomic mass is 16.4. The van der Waals surface area contributed by atoms with E-state index in [0.717, 1.165) is 0 Å². The molecule has 166 valence electrons. The van der Waals surface area contributed by atoms with Gasteiger partial charge in [-0.3, -0.25) is 19.6 Å². The van der Waals surface area contributed by atoms with Crippen molar-refractivity contribution >= 4 is 29.7 Å². The Kier molecular flexibility index (Phi) is 12.4. The smallest absolute Gasteiger partial charge is 0.326 e. The van der Waals surface area contributed by atoms with Crippen molar-refractivity contribution in [1.82, 2.24) is 10.6 Å². The van der Waals surface area contributed by atoms with Crippen molar-refractivity contribution in [2.24, 2.45) is 38.7 Å². The summed E-state index contributed by atoms with van der Waals surface area (Å²) in [6, 6.07) is -3.55. The summed E-state index contributed by atoms with van der Waals surface area (Å²) in [5.74, 6) is -3.02. The number of hydrogen-bond acceptors (Lipinski definition) is 7. The quantitative estimate of drug-likeness (QED) is 0.0741. The molecule has 0 aromatic rings. The molecule has 0 fully saturated rings. The molecule has 14 heteroatoms. The Morgan fingerprint density at radius 1 is 0.828 bits per heavy atom. The lowest BCUT2D eigenvalue weighted by atomic mass is 10.1. The first kappa shape index (κ1) is 25.9. The minimum absolute atomic E-state index is 0.0499. The maximum atomic E-state index is 12.2. The van der Waals surface area contributed by atoms with Crippen molar-refractivity contribution in [2.45, 2.75) is 43.8 Å². The van der Waals surface area contributed by atoms with Gasteiger partial charge in [0.05, 0.1) is 12.6 Å². The number of nitrogens with two attached hydrogens (primary N) is 5. The number of hydrogen-bond donors (Lipinski definition) is 9. The first-order valence-corrected chi connectivity index (χ1v) is 8.89. The van der Waals surface area contributed by atoms with E-state index in [0.29, 0.717) is 12.8 Å². The number of carboxylic acids is 1. The summed E-state index contributed by atoms with van der Waals surface area (Å²) in [4.78, 5) is 43.1. The second-order valence-electron chi connectivity index (χ2n) is 6.15. The Balaban J connectivity index is 4.63. The summed E-state index contributed by atoms with van der Waals surface area (Å²) in [6.45, 7) is -0.261. The molecule has 3 atom stereocenters. The molecule has 0 saturated carbocycles. The molecule has 0 rings (SSSR count). The standard InChI is InChI=1S/C15H31N9O5/c16-8(3-1-5-21-14(17)18)11(26)24-10(7-25)12(27)23-9(13(28)29)4-2-6-22-15(19)20/h8-10,25H,1-7,16H2,(H,23,27)(H,24,26)(H,28,29)(H4,17,18,21)(H4,19,20,22)/t8-,9-,10-/m0/s1. The van der Waals surface area contributed by atoms with Crippen molar-refractivity contribution in [3.05, 3.63) is 0 Å². The highest BCUT2D eigenvalue weighted by Gasteiger charge is 2.27. The van der Waals surface area contributed by atoms with Crippen molar-refractivity contribution < 1.29 is 24.6 Å². The highest BCUT2D eigenvalue weighted by molar-refractivity contribution is 5.91. The molecule has 0 aliphatic rings. The third kappa shape index (κ3) is 12.0. The molecule has 14 N–H and O–H groups in total. The fourth-order valence-electron chi connectivity index (χ4n) is 2.16. The van der Waals surface area contributed by atoms with E-state index in [1.165, 1.54) is 0 Å². The van der Waals surface area contributed by atoms with Gasteiger partial charge in [0.15, 0.2) is 11.9 Å². The van der Waals surface area contributed by atoms with Crippen LogP contribution in [-0.2, 0) is 14.4 Å². The summed E-state index contributed by atoms with van der Waals surface area (Å²) in [5, 5.41) is 23.1. The van der Waals surface area contributed by atoms with E-state index < -0.39 is 42.5 Å². The molecule has 2 amide bonds. The predicted molar refractivity (Wildman–Crippen MR) is 106 cm³/mol. The summed E-state index contributed by atoms with van der Waals surface area (Å²) < 4.78 is 0. The van der Waals surface area contributed by atoms with E-state index >= 15 is 0 Å². The SMILES string of the molecule is NC(N)=NCCC[C@H](NC(=O)[C@H](CO)NC(=O)[C@@H](N)CCCN=C(N)N)C(=O)O. The molecule has 0 heterocycles. The molecule has 0 bridgehead atoms. The number of aliphatic imine (C=N–C) groups is 2. The van der Waals surface area contributed by atoms with Crippen LogP contribution >= 0.6 is 0 Å². The Labute approximate surface area is 168 Å². The number of aliphatic hydroxyl groups is 1. The third-order valence-electron chi connectivity index (χ3n) is 3.68. The van der Waals surface area contributed by atoms with Gasteiger partial charge in [-0.05, 0) is 25.7 Å². The van der Waals surface area contributed by atoms with Gasteiger partial charge < -0.3 is 49.5 Å². The van der Waals surface area contributed by atoms with Crippen molar-refractivity contribution in [3.8, 4) is 0 Å². The van der Waals surface area contributed by atoms with E-state index in [1.807, 2.05) is 0 Å². The van der Waals surface area contributed by atoms with Crippen LogP contribution in [0.2, 0.25) is 0 Å². The minimum atomic E-state index is -1.36. The van der Waals surface area contributed by atoms with Crippen LogP contribution in [0.5, 0.6) is 0 Å². The average Bonchev–Trinajstić information content (AvgIpc) is 2.64. The predicted octanol–water partition coefficient (Wildman–Crippen LogP) is -4.53. The van der Waals surface area contributed by atoms with Crippen LogP contribution in [0.4, 0.5) is 0 Å². The van der Waals surface area contributed by atoms with Gasteiger partial charge in [-0.1, -0.05) is 0 Å². The molecule has 0 aromatic carbocycles. The molecular formula is C15H31N9O5. The molecule has 0 spiro atoms. The van der Waals surface area contributed by atoms with Gasteiger partial charge in [0.25, 0.3) is 0 Å². The largest absolute Gasteiger partial charge is 0.480 e. The summed E-state index contributed by atoms with van der Waals surface area (Å²) in [6.07, 6.45) is 1.02. The monoisotopic (exact) mass is 417 g/mol. The highest BCUT2D eigenvalue weighted by Crippen LogP contribution is 2.01. The Morgan fingerprint density at radius 2 is 1.31 bits per heavy atom. The van der Waals surface area contributed by atoms with Crippen LogP contribution in [0.25, 0.3) is 0 Å². The molecule has 0 aromatic heterocycles. The summed E-state index contributed by atoms with van der Waals surface area (Å²) >= 11 is 0. The van der Waals surface area contributed by atoms with E-state index in [2.05, 4.69) is 20.6 Å². The van der Waals surface area contributed by atoms with Crippen LogP contribution in [0, 0.1) is 0 Å². The van der Waals surface area contributed by atoms with E-state index in [4.69, 9.17) is 28.7 Å². The number of carbonyl (C=O) groups is 3. The fraction of sp³-hybridized carbons (Fsp3) is 0.667. The van der Waals surface area contributed by atoms with Crippen LogP contribution < -0.4 is 39.3 Å². The van der Waals surface area contributed by atoms with Crippen LogP contribution in [0.3, 0.4) is 0 Å². The summed E-state index contributed by atoms with van der Waals surface area (Å²) in [7, 11) is 0. The van der Waals surface area contributed by atoms with Gasteiger partial charge in [-0.25, -0.2) is 4.79 Å². The number of rotatable bonds is 14. The number of carboxylic acid groups (broad SMARTS) is 1. The lowest BCUT2D eigenvalue weighted by Gasteiger charge is -2.21. The molecule has 14 nitrogen and oxygen atoms in total. The van der Waals surface area contributed by atoms with E-state index in [-0.39, 0.29) is 37.9 Å². The van der Waals surface area contributed by atoms with Crippen LogP contribution in [-0.4, -0.2) is 77.7 Å². The second-order valence-corrected chi connectivity index (χ2v) is 6.15. The number of nitrogens with zero attached hydrogens (tertiary/aromatic N) is 2. The maximum Gasteiger partial charge on any atom is 0.326 e. The second kappa shape index (κ2) is 14.0. The van der Waals surface area contributed by atoms with Gasteiger partial charge >= 0.3 is 5.97 Å². The number of aliphatic carboxylic acids is 1. The first-order valence-electron chi connectivity index (χ1n) is 8.89. The van der Waals surface area contributed by atoms with Crippen molar-refractivity contribution in [2.75, 3.05) is 19.7 Å². The first-order chi connectivity index (χ1) is 13.6. The zero-order chi connectivity index (χ0) is 22.4. The topological polar surface area (TPSA) is 271 Å². The number of guanidine groups is 2. The Hall–Kier alpha value is -3.13. The number of carbonyl (C=O) groups excluding carboxylic acids is 2. The minimum Gasteiger partial charge on any atom is -0.480 e. The number of aliphatic hydroxyl groups excluding tert-OH is 1. The van der Waals surface area contributed by atoms with E-state index in [1.54, 1.807) is 0 Å². The maximum absolute atomic E-state index is 12.2. The zero-order valence-corrected chi connectivity index (χ0v) is 16.1. The van der Waals surface area contributed by atoms with Crippen LogP contribution in [0.1, 0.15) is 25.7 Å². The van der Waals surface area contributed by atoms with Gasteiger partial charge in [-0.2, -0.15) is 0 Å². The van der Waals surface area contributed by atoms with Crippen LogP contribution in [0.15, 0.2) is 9.98 Å². The third-order valence-corrected chi connectivity index (χ3v) is 3.68. The van der Waals surface area contributed by atoms with Gasteiger partial charge in [0.1, 0.15) is 12.1 Å². The lowest BCUT2D eigenvalue weighted by Crippen LogP contribution is -2.55. The van der Waals surface area contributed by atoms with Gasteiger partial charge in [0.2, 0.25) is 11.8 Å². The molecule has 0 aliphatic carbocycles.